The zero-order chi connectivity index (χ0) is 15.8. The number of imide groups is 1. The number of carbonyl (C=O) groups is 3. The topological polar surface area (TPSA) is 108 Å². The molecule has 0 bridgehead atoms. The molecule has 1 unspecified atom stereocenters. The van der Waals surface area contributed by atoms with Crippen LogP contribution >= 0.6 is 0 Å². The van der Waals surface area contributed by atoms with E-state index in [9.17, 15) is 14.4 Å². The number of nitrogens with one attached hydrogen (secondary N) is 2. The molecule has 7 nitrogen and oxygen atoms in total. The van der Waals surface area contributed by atoms with Gasteiger partial charge < -0.3 is 10.1 Å². The molecule has 0 saturated carbocycles. The van der Waals surface area contributed by atoms with Crippen LogP contribution in [0.3, 0.4) is 0 Å². The van der Waals surface area contributed by atoms with Crippen molar-refractivity contribution in [2.45, 2.75) is 20.0 Å². The summed E-state index contributed by atoms with van der Waals surface area (Å²) in [5.41, 5.74) is 0.625. The predicted molar refractivity (Wildman–Crippen MR) is 73.2 cm³/mol. The van der Waals surface area contributed by atoms with Crippen LogP contribution in [0.4, 0.5) is 4.79 Å². The summed E-state index contributed by atoms with van der Waals surface area (Å²) >= 11 is 0. The number of nitriles is 1. The molecule has 0 aromatic heterocycles. The Morgan fingerprint density at radius 3 is 2.43 bits per heavy atom. The van der Waals surface area contributed by atoms with E-state index in [0.717, 1.165) is 0 Å². The van der Waals surface area contributed by atoms with Crippen LogP contribution in [-0.4, -0.2) is 30.6 Å². The van der Waals surface area contributed by atoms with E-state index < -0.39 is 24.0 Å². The maximum atomic E-state index is 11.8. The molecule has 1 atom stereocenters. The summed E-state index contributed by atoms with van der Waals surface area (Å²) in [7, 11) is 0. The van der Waals surface area contributed by atoms with Gasteiger partial charge in [-0.25, -0.2) is 9.59 Å². The number of hydrogen-bond acceptors (Lipinski definition) is 5. The summed E-state index contributed by atoms with van der Waals surface area (Å²) in [4.78, 5) is 34.6. The largest absolute Gasteiger partial charge is 0.449 e. The van der Waals surface area contributed by atoms with E-state index in [-0.39, 0.29) is 5.56 Å². The minimum absolute atomic E-state index is 0.214. The van der Waals surface area contributed by atoms with E-state index in [4.69, 9.17) is 10.00 Å². The van der Waals surface area contributed by atoms with Gasteiger partial charge in [-0.2, -0.15) is 5.26 Å². The average Bonchev–Trinajstić information content (AvgIpc) is 2.47. The van der Waals surface area contributed by atoms with Crippen molar-refractivity contribution in [3.8, 4) is 6.07 Å². The third-order valence-electron chi connectivity index (χ3n) is 2.48. The molecule has 0 aliphatic carbocycles. The molecule has 0 spiro atoms. The Hall–Kier alpha value is -2.88. The molecule has 0 aliphatic heterocycles. The van der Waals surface area contributed by atoms with Crippen LogP contribution in [0.15, 0.2) is 24.3 Å². The first-order chi connectivity index (χ1) is 9.97. The predicted octanol–water partition coefficient (Wildman–Crippen LogP) is 0.949. The quantitative estimate of drug-likeness (QED) is 0.802. The Kier molecular flexibility index (Phi) is 5.89. The molecule has 1 rings (SSSR count). The molecule has 0 heterocycles. The molecule has 1 aromatic carbocycles. The molecule has 110 valence electrons. The van der Waals surface area contributed by atoms with Gasteiger partial charge in [-0.15, -0.1) is 0 Å². The van der Waals surface area contributed by atoms with Gasteiger partial charge in [0.25, 0.3) is 5.91 Å². The van der Waals surface area contributed by atoms with Gasteiger partial charge in [-0.1, -0.05) is 0 Å². The fourth-order valence-corrected chi connectivity index (χ4v) is 1.38. The Bertz CT molecular complexity index is 575. The molecular weight excluding hydrogens is 274 g/mol. The summed E-state index contributed by atoms with van der Waals surface area (Å²) in [5.74, 6) is -1.43. The van der Waals surface area contributed by atoms with Crippen molar-refractivity contribution in [3.05, 3.63) is 35.4 Å². The first-order valence-electron chi connectivity index (χ1n) is 6.27. The number of esters is 1. The number of ether oxygens (including phenoxy) is 1. The highest BCUT2D eigenvalue weighted by molar-refractivity contribution is 5.98. The van der Waals surface area contributed by atoms with Gasteiger partial charge in [-0.05, 0) is 38.1 Å². The van der Waals surface area contributed by atoms with E-state index in [1.165, 1.54) is 31.2 Å². The van der Waals surface area contributed by atoms with Crippen LogP contribution < -0.4 is 10.6 Å². The summed E-state index contributed by atoms with van der Waals surface area (Å²) in [5, 5.41) is 13.1. The standard InChI is InChI=1S/C14H15N3O4/c1-3-16-14(20)17-12(18)9(2)21-13(19)11-6-4-10(8-15)5-7-11/h4-7,9H,3H2,1-2H3,(H2,16,17,18,20). The summed E-state index contributed by atoms with van der Waals surface area (Å²) in [6, 6.07) is 7.06. The van der Waals surface area contributed by atoms with Crippen molar-refractivity contribution in [3.63, 3.8) is 0 Å². The lowest BCUT2D eigenvalue weighted by Crippen LogP contribution is -2.44. The van der Waals surface area contributed by atoms with E-state index in [0.29, 0.717) is 12.1 Å². The van der Waals surface area contributed by atoms with Gasteiger partial charge in [-0.3, -0.25) is 10.1 Å². The first-order valence-corrected chi connectivity index (χ1v) is 6.27. The van der Waals surface area contributed by atoms with Gasteiger partial charge >= 0.3 is 12.0 Å². The molecule has 1 aromatic rings. The van der Waals surface area contributed by atoms with E-state index >= 15 is 0 Å². The van der Waals surface area contributed by atoms with E-state index in [1.54, 1.807) is 6.92 Å². The smallest absolute Gasteiger partial charge is 0.338 e. The normalized spacial score (nSPS) is 10.9. The van der Waals surface area contributed by atoms with Gasteiger partial charge in [0.1, 0.15) is 0 Å². The lowest BCUT2D eigenvalue weighted by molar-refractivity contribution is -0.127. The highest BCUT2D eigenvalue weighted by atomic mass is 16.5. The molecule has 3 amide bonds. The Morgan fingerprint density at radius 2 is 1.90 bits per heavy atom. The Morgan fingerprint density at radius 1 is 1.29 bits per heavy atom. The highest BCUT2D eigenvalue weighted by Gasteiger charge is 2.20. The Labute approximate surface area is 121 Å². The van der Waals surface area contributed by atoms with Gasteiger partial charge in [0.15, 0.2) is 6.10 Å². The average molecular weight is 289 g/mol. The third kappa shape index (κ3) is 4.95. The van der Waals surface area contributed by atoms with Crippen LogP contribution in [0.1, 0.15) is 29.8 Å². The van der Waals surface area contributed by atoms with Crippen LogP contribution in [0, 0.1) is 11.3 Å². The second-order valence-electron chi connectivity index (χ2n) is 4.09. The second kappa shape index (κ2) is 7.65. The van der Waals surface area contributed by atoms with Gasteiger partial charge in [0.05, 0.1) is 17.2 Å². The van der Waals surface area contributed by atoms with Crippen molar-refractivity contribution in [2.75, 3.05) is 6.54 Å². The molecule has 0 radical (unpaired) electrons. The fourth-order valence-electron chi connectivity index (χ4n) is 1.38. The molecule has 0 saturated heterocycles. The minimum atomic E-state index is -1.12. The van der Waals surface area contributed by atoms with Crippen molar-refractivity contribution >= 4 is 17.9 Å². The molecule has 0 fully saturated rings. The number of rotatable bonds is 4. The summed E-state index contributed by atoms with van der Waals surface area (Å²) < 4.78 is 4.94. The zero-order valence-corrected chi connectivity index (χ0v) is 11.7. The van der Waals surface area contributed by atoms with Crippen molar-refractivity contribution in [1.82, 2.24) is 10.6 Å². The van der Waals surface area contributed by atoms with Crippen LogP contribution in [0.2, 0.25) is 0 Å². The number of amides is 3. The zero-order valence-electron chi connectivity index (χ0n) is 11.7. The molecular formula is C14H15N3O4. The second-order valence-corrected chi connectivity index (χ2v) is 4.09. The highest BCUT2D eigenvalue weighted by Crippen LogP contribution is 2.06. The first kappa shape index (κ1) is 16.2. The summed E-state index contributed by atoms with van der Waals surface area (Å²) in [6.07, 6.45) is -1.12. The maximum Gasteiger partial charge on any atom is 0.338 e. The number of urea groups is 1. The van der Waals surface area contributed by atoms with E-state index in [2.05, 4.69) is 5.32 Å². The lowest BCUT2D eigenvalue weighted by atomic mass is 10.1. The van der Waals surface area contributed by atoms with Crippen LogP contribution in [0.5, 0.6) is 0 Å². The minimum Gasteiger partial charge on any atom is -0.449 e. The van der Waals surface area contributed by atoms with Crippen molar-refractivity contribution < 1.29 is 19.1 Å². The number of benzene rings is 1. The SMILES string of the molecule is CCNC(=O)NC(=O)C(C)OC(=O)c1ccc(C#N)cc1. The monoisotopic (exact) mass is 289 g/mol. The third-order valence-corrected chi connectivity index (χ3v) is 2.48. The van der Waals surface area contributed by atoms with Crippen molar-refractivity contribution in [1.29, 1.82) is 5.26 Å². The van der Waals surface area contributed by atoms with Crippen molar-refractivity contribution in [2.24, 2.45) is 0 Å². The lowest BCUT2D eigenvalue weighted by Gasteiger charge is -2.13. The molecule has 21 heavy (non-hydrogen) atoms. The number of hydrogen-bond donors (Lipinski definition) is 2. The maximum absolute atomic E-state index is 11.8. The van der Waals surface area contributed by atoms with Gasteiger partial charge in [0, 0.05) is 6.54 Å². The molecule has 0 aliphatic rings. The Balaban J connectivity index is 2.58. The van der Waals surface area contributed by atoms with Gasteiger partial charge in [0.2, 0.25) is 0 Å². The number of nitrogens with zero attached hydrogens (tertiary/aromatic N) is 1. The fraction of sp³-hybridized carbons (Fsp3) is 0.286. The molecule has 2 N–H and O–H groups in total. The van der Waals surface area contributed by atoms with Crippen LogP contribution in [-0.2, 0) is 9.53 Å². The molecule has 7 heteroatoms. The summed E-state index contributed by atoms with van der Waals surface area (Å²) in [6.45, 7) is 3.44. The van der Waals surface area contributed by atoms with Crippen LogP contribution in [0.25, 0.3) is 0 Å². The number of carbonyl (C=O) groups excluding carboxylic acids is 3. The van der Waals surface area contributed by atoms with E-state index in [1.807, 2.05) is 11.4 Å².